The molecule has 0 aliphatic carbocycles. The summed E-state index contributed by atoms with van der Waals surface area (Å²) >= 11 is 0. The van der Waals surface area contributed by atoms with Gasteiger partial charge in [-0.25, -0.2) is 0 Å². The van der Waals surface area contributed by atoms with Crippen molar-refractivity contribution in [3.63, 3.8) is 0 Å². The molecular formula is C24H30N2O2. The van der Waals surface area contributed by atoms with E-state index in [-0.39, 0.29) is 5.91 Å². The maximum atomic E-state index is 12.6. The molecule has 2 aliphatic heterocycles. The fourth-order valence-electron chi connectivity index (χ4n) is 4.29. The first-order valence-electron chi connectivity index (χ1n) is 10.5. The van der Waals surface area contributed by atoms with Crippen molar-refractivity contribution < 1.29 is 9.53 Å². The van der Waals surface area contributed by atoms with Gasteiger partial charge in [0.15, 0.2) is 0 Å². The maximum absolute atomic E-state index is 12.6. The lowest BCUT2D eigenvalue weighted by Gasteiger charge is -2.49. The van der Waals surface area contributed by atoms with Crippen LogP contribution in [0.5, 0.6) is 0 Å². The zero-order valence-corrected chi connectivity index (χ0v) is 16.5. The highest BCUT2D eigenvalue weighted by molar-refractivity contribution is 5.77. The predicted molar refractivity (Wildman–Crippen MR) is 111 cm³/mol. The third kappa shape index (κ3) is 4.81. The molecule has 0 radical (unpaired) electrons. The van der Waals surface area contributed by atoms with Crippen molar-refractivity contribution in [1.82, 2.24) is 9.80 Å². The van der Waals surface area contributed by atoms with Crippen LogP contribution >= 0.6 is 0 Å². The molecule has 0 aromatic heterocycles. The minimum Gasteiger partial charge on any atom is -0.381 e. The summed E-state index contributed by atoms with van der Waals surface area (Å²) in [5.41, 5.74) is 2.59. The van der Waals surface area contributed by atoms with Gasteiger partial charge in [-0.05, 0) is 30.4 Å². The number of nitrogens with zero attached hydrogens (tertiary/aromatic N) is 2. The highest BCUT2D eigenvalue weighted by atomic mass is 16.5. The third-order valence-electron chi connectivity index (χ3n) is 6.02. The summed E-state index contributed by atoms with van der Waals surface area (Å²) in [5, 5.41) is 0. The molecule has 0 unspecified atom stereocenters. The van der Waals surface area contributed by atoms with Crippen LogP contribution < -0.4 is 0 Å². The van der Waals surface area contributed by atoms with Crippen molar-refractivity contribution in [1.29, 1.82) is 0 Å². The number of carbonyl (C=O) groups excluding carboxylic acids is 1. The number of aryl methyl sites for hydroxylation is 1. The smallest absolute Gasteiger partial charge is 0.223 e. The number of hydrogen-bond donors (Lipinski definition) is 0. The van der Waals surface area contributed by atoms with Gasteiger partial charge in [0.05, 0.1) is 0 Å². The second kappa shape index (κ2) is 9.35. The minimum atomic E-state index is 0.284. The van der Waals surface area contributed by atoms with Crippen LogP contribution in [0, 0.1) is 0 Å². The molecular weight excluding hydrogens is 348 g/mol. The normalized spacial score (nSPS) is 18.2. The molecule has 4 heteroatoms. The summed E-state index contributed by atoms with van der Waals surface area (Å²) in [5.74, 6) is 0.284. The van der Waals surface area contributed by atoms with Gasteiger partial charge in [0.2, 0.25) is 5.91 Å². The van der Waals surface area contributed by atoms with E-state index in [4.69, 9.17) is 4.74 Å². The lowest BCUT2D eigenvalue weighted by molar-refractivity contribution is -0.140. The van der Waals surface area contributed by atoms with Crippen LogP contribution in [0.15, 0.2) is 60.7 Å². The lowest BCUT2D eigenvalue weighted by atomic mass is 9.98. The Morgan fingerprint density at radius 1 is 0.893 bits per heavy atom. The first-order chi connectivity index (χ1) is 13.8. The van der Waals surface area contributed by atoms with Gasteiger partial charge in [-0.2, -0.15) is 0 Å². The fourth-order valence-corrected chi connectivity index (χ4v) is 4.29. The van der Waals surface area contributed by atoms with E-state index < -0.39 is 0 Å². The Hall–Kier alpha value is -2.17. The van der Waals surface area contributed by atoms with Crippen LogP contribution in [0.1, 0.15) is 30.4 Å². The lowest BCUT2D eigenvalue weighted by Crippen LogP contribution is -2.63. The Morgan fingerprint density at radius 2 is 1.50 bits per heavy atom. The summed E-state index contributed by atoms with van der Waals surface area (Å²) in [6.45, 7) is 4.38. The van der Waals surface area contributed by atoms with Gasteiger partial charge in [0.1, 0.15) is 0 Å². The molecule has 0 atom stereocenters. The summed E-state index contributed by atoms with van der Waals surface area (Å²) < 4.78 is 5.57. The van der Waals surface area contributed by atoms with E-state index in [0.717, 1.165) is 52.1 Å². The van der Waals surface area contributed by atoms with Crippen LogP contribution in [0.4, 0.5) is 0 Å². The van der Waals surface area contributed by atoms with E-state index in [2.05, 4.69) is 47.4 Å². The topological polar surface area (TPSA) is 32.8 Å². The maximum Gasteiger partial charge on any atom is 0.223 e. The zero-order valence-electron chi connectivity index (χ0n) is 16.5. The number of ether oxygens (including phenoxy) is 1. The molecule has 2 aliphatic rings. The molecule has 1 amide bonds. The van der Waals surface area contributed by atoms with E-state index >= 15 is 0 Å². The van der Waals surface area contributed by atoms with Crippen LogP contribution in [-0.4, -0.2) is 54.1 Å². The molecule has 0 spiro atoms. The van der Waals surface area contributed by atoms with Crippen molar-refractivity contribution in [2.24, 2.45) is 0 Å². The highest BCUT2D eigenvalue weighted by Crippen LogP contribution is 2.26. The van der Waals surface area contributed by atoms with Crippen molar-refractivity contribution in [2.75, 3.05) is 26.3 Å². The van der Waals surface area contributed by atoms with Crippen molar-refractivity contribution in [2.45, 2.75) is 44.3 Å². The molecule has 2 aromatic carbocycles. The molecule has 148 valence electrons. The van der Waals surface area contributed by atoms with Crippen molar-refractivity contribution in [3.8, 4) is 0 Å². The Morgan fingerprint density at radius 3 is 2.14 bits per heavy atom. The zero-order chi connectivity index (χ0) is 19.2. The van der Waals surface area contributed by atoms with Gasteiger partial charge in [-0.15, -0.1) is 0 Å². The average Bonchev–Trinajstić information content (AvgIpc) is 2.72. The predicted octanol–water partition coefficient (Wildman–Crippen LogP) is 3.51. The molecule has 2 aromatic rings. The SMILES string of the molecule is O=C(CCc1ccccc1)N1CC(N(Cc2ccccc2)C2CCOCC2)C1. The molecule has 4 rings (SSSR count). The Kier molecular flexibility index (Phi) is 6.40. The van der Waals surface area contributed by atoms with E-state index in [1.54, 1.807) is 0 Å². The van der Waals surface area contributed by atoms with Gasteiger partial charge in [0.25, 0.3) is 0 Å². The van der Waals surface area contributed by atoms with Gasteiger partial charge < -0.3 is 9.64 Å². The molecule has 0 N–H and O–H groups in total. The van der Waals surface area contributed by atoms with Crippen LogP contribution in [0.3, 0.4) is 0 Å². The van der Waals surface area contributed by atoms with E-state index in [1.807, 2.05) is 23.1 Å². The number of hydrogen-bond acceptors (Lipinski definition) is 3. The van der Waals surface area contributed by atoms with Crippen LogP contribution in [0.25, 0.3) is 0 Å². The second-order valence-corrected chi connectivity index (χ2v) is 7.94. The minimum absolute atomic E-state index is 0.284. The second-order valence-electron chi connectivity index (χ2n) is 7.94. The van der Waals surface area contributed by atoms with Crippen molar-refractivity contribution in [3.05, 3.63) is 71.8 Å². The summed E-state index contributed by atoms with van der Waals surface area (Å²) in [6.07, 6.45) is 3.61. The number of amides is 1. The first-order valence-corrected chi connectivity index (χ1v) is 10.5. The van der Waals surface area contributed by atoms with Gasteiger partial charge in [0, 0.05) is 51.4 Å². The van der Waals surface area contributed by atoms with Crippen LogP contribution in [0.2, 0.25) is 0 Å². The molecule has 2 fully saturated rings. The molecule has 2 heterocycles. The van der Waals surface area contributed by atoms with Gasteiger partial charge in [-0.1, -0.05) is 60.7 Å². The Labute approximate surface area is 168 Å². The van der Waals surface area contributed by atoms with Gasteiger partial charge >= 0.3 is 0 Å². The van der Waals surface area contributed by atoms with E-state index in [0.29, 0.717) is 18.5 Å². The Balaban J connectivity index is 1.32. The quantitative estimate of drug-likeness (QED) is 0.739. The Bertz CT molecular complexity index is 738. The summed E-state index contributed by atoms with van der Waals surface area (Å²) in [7, 11) is 0. The monoisotopic (exact) mass is 378 g/mol. The van der Waals surface area contributed by atoms with E-state index in [1.165, 1.54) is 11.1 Å². The first kappa shape index (κ1) is 19.2. The third-order valence-corrected chi connectivity index (χ3v) is 6.02. The van der Waals surface area contributed by atoms with Crippen LogP contribution in [-0.2, 0) is 22.5 Å². The number of benzene rings is 2. The molecule has 0 bridgehead atoms. The highest BCUT2D eigenvalue weighted by Gasteiger charge is 2.37. The van der Waals surface area contributed by atoms with E-state index in [9.17, 15) is 4.79 Å². The summed E-state index contributed by atoms with van der Waals surface area (Å²) in [6, 6.07) is 22.0. The standard InChI is InChI=1S/C24H30N2O2/c27-24(12-11-20-7-3-1-4-8-20)25-18-23(19-25)26(22-13-15-28-16-14-22)17-21-9-5-2-6-10-21/h1-10,22-23H,11-19H2. The molecule has 2 saturated heterocycles. The molecule has 0 saturated carbocycles. The number of carbonyl (C=O) groups is 1. The molecule has 4 nitrogen and oxygen atoms in total. The summed E-state index contributed by atoms with van der Waals surface area (Å²) in [4.78, 5) is 17.2. The number of rotatable bonds is 7. The van der Waals surface area contributed by atoms with Gasteiger partial charge in [-0.3, -0.25) is 9.69 Å². The average molecular weight is 379 g/mol. The number of likely N-dealkylation sites (tertiary alicyclic amines) is 1. The van der Waals surface area contributed by atoms with Crippen molar-refractivity contribution >= 4 is 5.91 Å². The molecule has 28 heavy (non-hydrogen) atoms. The largest absolute Gasteiger partial charge is 0.381 e. The fraction of sp³-hybridized carbons (Fsp3) is 0.458.